The van der Waals surface area contributed by atoms with Crippen LogP contribution < -0.4 is 10.2 Å². The van der Waals surface area contributed by atoms with Crippen LogP contribution in [0.2, 0.25) is 0 Å². The molecule has 34 heavy (non-hydrogen) atoms. The van der Waals surface area contributed by atoms with E-state index in [2.05, 4.69) is 32.5 Å². The van der Waals surface area contributed by atoms with E-state index in [0.29, 0.717) is 11.7 Å². The normalized spacial score (nSPS) is 13.4. The highest BCUT2D eigenvalue weighted by molar-refractivity contribution is 8.00. The molecule has 3 heterocycles. The van der Waals surface area contributed by atoms with E-state index < -0.39 is 0 Å². The SMILES string of the molecule is O=C(CSc1nnc(N2CCCC2)n1Cc1ccco1)Nc1ccccc1Sc1ccccc1. The number of thioether (sulfide) groups is 1. The van der Waals surface area contributed by atoms with Gasteiger partial charge in [-0.3, -0.25) is 9.36 Å². The van der Waals surface area contributed by atoms with E-state index >= 15 is 0 Å². The summed E-state index contributed by atoms with van der Waals surface area (Å²) >= 11 is 3.02. The zero-order valence-corrected chi connectivity index (χ0v) is 20.2. The number of hydrogen-bond donors (Lipinski definition) is 1. The molecule has 0 unspecified atom stereocenters. The third-order valence-corrected chi connectivity index (χ3v) is 7.50. The number of benzene rings is 2. The van der Waals surface area contributed by atoms with Gasteiger partial charge in [-0.05, 0) is 49.2 Å². The number of amides is 1. The monoisotopic (exact) mass is 491 g/mol. The molecule has 0 saturated carbocycles. The predicted octanol–water partition coefficient (Wildman–Crippen LogP) is 5.40. The van der Waals surface area contributed by atoms with Gasteiger partial charge in [-0.15, -0.1) is 10.2 Å². The Morgan fingerprint density at radius 2 is 1.76 bits per heavy atom. The lowest BCUT2D eigenvalue weighted by Gasteiger charge is -2.17. The van der Waals surface area contributed by atoms with Gasteiger partial charge in [-0.25, -0.2) is 0 Å². The summed E-state index contributed by atoms with van der Waals surface area (Å²) in [7, 11) is 0. The standard InChI is InChI=1S/C25H25N5O2S2/c31-23(26-21-12-4-5-13-22(21)34-20-10-2-1-3-11-20)18-33-25-28-27-24(29-14-6-7-15-29)30(25)17-19-9-8-16-32-19/h1-5,8-13,16H,6-7,14-15,17-18H2,(H,26,31). The Balaban J connectivity index is 1.27. The van der Waals surface area contributed by atoms with Crippen LogP contribution in [0.25, 0.3) is 0 Å². The van der Waals surface area contributed by atoms with Gasteiger partial charge in [-0.1, -0.05) is 53.9 Å². The van der Waals surface area contributed by atoms with Crippen molar-refractivity contribution in [2.45, 2.75) is 34.3 Å². The molecule has 2 aromatic heterocycles. The van der Waals surface area contributed by atoms with Crippen LogP contribution in [0.15, 0.2) is 92.4 Å². The Kier molecular flexibility index (Phi) is 7.21. The average Bonchev–Trinajstić information content (AvgIpc) is 3.63. The molecule has 174 valence electrons. The fraction of sp³-hybridized carbons (Fsp3) is 0.240. The second-order valence-corrected chi connectivity index (χ2v) is 9.95. The zero-order valence-electron chi connectivity index (χ0n) is 18.6. The quantitative estimate of drug-likeness (QED) is 0.314. The summed E-state index contributed by atoms with van der Waals surface area (Å²) in [6, 6.07) is 21.8. The van der Waals surface area contributed by atoms with Crippen molar-refractivity contribution < 1.29 is 9.21 Å². The van der Waals surface area contributed by atoms with Gasteiger partial charge >= 0.3 is 0 Å². The molecule has 4 aromatic rings. The van der Waals surface area contributed by atoms with Crippen molar-refractivity contribution in [3.63, 3.8) is 0 Å². The van der Waals surface area contributed by atoms with Crippen molar-refractivity contribution in [3.05, 3.63) is 78.8 Å². The first-order valence-electron chi connectivity index (χ1n) is 11.2. The van der Waals surface area contributed by atoms with Gasteiger partial charge in [0.2, 0.25) is 11.9 Å². The van der Waals surface area contributed by atoms with Gasteiger partial charge in [0.25, 0.3) is 0 Å². The maximum absolute atomic E-state index is 12.9. The van der Waals surface area contributed by atoms with Crippen molar-refractivity contribution in [2.75, 3.05) is 29.1 Å². The van der Waals surface area contributed by atoms with Crippen molar-refractivity contribution in [1.29, 1.82) is 0 Å². The minimum Gasteiger partial charge on any atom is -0.467 e. The maximum atomic E-state index is 12.9. The van der Waals surface area contributed by atoms with E-state index in [0.717, 1.165) is 53.1 Å². The van der Waals surface area contributed by atoms with Crippen molar-refractivity contribution in [3.8, 4) is 0 Å². The van der Waals surface area contributed by atoms with Crippen LogP contribution in [0.5, 0.6) is 0 Å². The molecule has 1 N–H and O–H groups in total. The summed E-state index contributed by atoms with van der Waals surface area (Å²) in [5.41, 5.74) is 0.803. The van der Waals surface area contributed by atoms with Gasteiger partial charge in [0.15, 0.2) is 5.16 Å². The highest BCUT2D eigenvalue weighted by Crippen LogP contribution is 2.33. The molecule has 1 amide bonds. The van der Waals surface area contributed by atoms with Crippen LogP contribution in [-0.2, 0) is 11.3 Å². The number of rotatable bonds is 9. The van der Waals surface area contributed by atoms with E-state index in [1.54, 1.807) is 18.0 Å². The Hall–Kier alpha value is -3.17. The number of nitrogens with one attached hydrogen (secondary N) is 1. The van der Waals surface area contributed by atoms with Crippen molar-refractivity contribution in [2.24, 2.45) is 0 Å². The fourth-order valence-electron chi connectivity index (χ4n) is 3.83. The molecule has 0 bridgehead atoms. The number of furan rings is 1. The lowest BCUT2D eigenvalue weighted by atomic mass is 10.3. The summed E-state index contributed by atoms with van der Waals surface area (Å²) in [5.74, 6) is 1.82. The Bertz CT molecular complexity index is 1220. The lowest BCUT2D eigenvalue weighted by molar-refractivity contribution is -0.113. The molecule has 2 aromatic carbocycles. The van der Waals surface area contributed by atoms with E-state index in [1.165, 1.54) is 11.8 Å². The minimum absolute atomic E-state index is 0.0821. The Labute approximate surface area is 206 Å². The molecule has 9 heteroatoms. The van der Waals surface area contributed by atoms with Gasteiger partial charge in [-0.2, -0.15) is 0 Å². The minimum atomic E-state index is -0.0821. The molecule has 0 spiro atoms. The molecule has 0 radical (unpaired) electrons. The van der Waals surface area contributed by atoms with Gasteiger partial charge < -0.3 is 14.6 Å². The van der Waals surface area contributed by atoms with Crippen LogP contribution in [-0.4, -0.2) is 39.5 Å². The van der Waals surface area contributed by atoms with E-state index in [4.69, 9.17) is 4.42 Å². The topological polar surface area (TPSA) is 76.2 Å². The first-order chi connectivity index (χ1) is 16.8. The largest absolute Gasteiger partial charge is 0.467 e. The highest BCUT2D eigenvalue weighted by atomic mass is 32.2. The molecule has 1 saturated heterocycles. The number of hydrogen-bond acceptors (Lipinski definition) is 7. The Morgan fingerprint density at radius 3 is 2.56 bits per heavy atom. The number of aromatic nitrogens is 3. The van der Waals surface area contributed by atoms with Crippen LogP contribution >= 0.6 is 23.5 Å². The number of para-hydroxylation sites is 1. The van der Waals surface area contributed by atoms with Crippen LogP contribution in [0.4, 0.5) is 11.6 Å². The highest BCUT2D eigenvalue weighted by Gasteiger charge is 2.22. The van der Waals surface area contributed by atoms with E-state index in [-0.39, 0.29) is 11.7 Å². The third kappa shape index (κ3) is 5.48. The second kappa shape index (κ2) is 10.8. The number of nitrogens with zero attached hydrogens (tertiary/aromatic N) is 4. The fourth-order valence-corrected chi connectivity index (χ4v) is 5.48. The van der Waals surface area contributed by atoms with Crippen LogP contribution in [0, 0.1) is 0 Å². The van der Waals surface area contributed by atoms with Gasteiger partial charge in [0.05, 0.1) is 24.2 Å². The van der Waals surface area contributed by atoms with Gasteiger partial charge in [0, 0.05) is 22.9 Å². The Morgan fingerprint density at radius 1 is 0.971 bits per heavy atom. The first kappa shape index (κ1) is 22.6. The summed E-state index contributed by atoms with van der Waals surface area (Å²) in [6.07, 6.45) is 3.97. The number of carbonyl (C=O) groups excluding carboxylic acids is 1. The summed E-state index contributed by atoms with van der Waals surface area (Å²) in [5, 5.41) is 12.6. The summed E-state index contributed by atoms with van der Waals surface area (Å²) in [6.45, 7) is 2.47. The molecule has 1 aliphatic rings. The maximum Gasteiger partial charge on any atom is 0.234 e. The lowest BCUT2D eigenvalue weighted by Crippen LogP contribution is -2.23. The smallest absolute Gasteiger partial charge is 0.234 e. The van der Waals surface area contributed by atoms with Crippen LogP contribution in [0.1, 0.15) is 18.6 Å². The van der Waals surface area contributed by atoms with Crippen molar-refractivity contribution in [1.82, 2.24) is 14.8 Å². The molecule has 0 aliphatic carbocycles. The first-order valence-corrected chi connectivity index (χ1v) is 13.0. The molecule has 5 rings (SSSR count). The molecular weight excluding hydrogens is 466 g/mol. The molecule has 1 aliphatic heterocycles. The predicted molar refractivity (Wildman–Crippen MR) is 136 cm³/mol. The van der Waals surface area contributed by atoms with Crippen molar-refractivity contribution >= 4 is 41.1 Å². The number of carbonyl (C=O) groups is 1. The summed E-state index contributed by atoms with van der Waals surface area (Å²) in [4.78, 5) is 17.2. The molecule has 1 fully saturated rings. The summed E-state index contributed by atoms with van der Waals surface area (Å²) < 4.78 is 7.60. The zero-order chi connectivity index (χ0) is 23.2. The molecule has 0 atom stereocenters. The van der Waals surface area contributed by atoms with E-state index in [9.17, 15) is 4.79 Å². The van der Waals surface area contributed by atoms with E-state index in [1.807, 2.05) is 59.2 Å². The third-order valence-electron chi connectivity index (χ3n) is 5.44. The number of anilines is 2. The van der Waals surface area contributed by atoms with Gasteiger partial charge in [0.1, 0.15) is 5.76 Å². The molecule has 7 nitrogen and oxygen atoms in total. The van der Waals surface area contributed by atoms with Crippen LogP contribution in [0.3, 0.4) is 0 Å². The average molecular weight is 492 g/mol. The molecular formula is C25H25N5O2S2. The second-order valence-electron chi connectivity index (χ2n) is 7.89.